The summed E-state index contributed by atoms with van der Waals surface area (Å²) in [6, 6.07) is 9.95. The minimum absolute atomic E-state index is 0.00134. The summed E-state index contributed by atoms with van der Waals surface area (Å²) in [4.78, 5) is 17.4. The first-order chi connectivity index (χ1) is 13.0. The molecule has 0 unspecified atom stereocenters. The number of aryl methyl sites for hydroxylation is 1. The monoisotopic (exact) mass is 383 g/mol. The van der Waals surface area contributed by atoms with E-state index in [4.69, 9.17) is 4.74 Å². The van der Waals surface area contributed by atoms with Crippen molar-refractivity contribution in [3.63, 3.8) is 0 Å². The summed E-state index contributed by atoms with van der Waals surface area (Å²) in [6.45, 7) is 7.24. The molecule has 3 aromatic rings. The Kier molecular flexibility index (Phi) is 4.75. The highest BCUT2D eigenvalue weighted by Gasteiger charge is 2.27. The number of rotatable bonds is 3. The zero-order chi connectivity index (χ0) is 19.0. The van der Waals surface area contributed by atoms with Crippen molar-refractivity contribution in [3.05, 3.63) is 47.1 Å². The van der Waals surface area contributed by atoms with Gasteiger partial charge in [0.05, 0.1) is 17.9 Å². The van der Waals surface area contributed by atoms with Crippen LogP contribution in [-0.4, -0.2) is 56.3 Å². The molecule has 2 aromatic heterocycles. The molecule has 4 rings (SSSR count). The summed E-state index contributed by atoms with van der Waals surface area (Å²) in [7, 11) is 0. The lowest BCUT2D eigenvalue weighted by atomic mass is 10.1. The molecule has 2 atom stereocenters. The number of carbonyl (C=O) groups excluding carboxylic acids is 1. The molecule has 3 heterocycles. The highest BCUT2D eigenvalue weighted by atomic mass is 32.1. The number of tetrazole rings is 1. The maximum absolute atomic E-state index is 13.2. The Morgan fingerprint density at radius 2 is 1.96 bits per heavy atom. The van der Waals surface area contributed by atoms with Crippen molar-refractivity contribution in [1.29, 1.82) is 0 Å². The van der Waals surface area contributed by atoms with Gasteiger partial charge >= 0.3 is 0 Å². The second-order valence-corrected chi connectivity index (χ2v) is 8.19. The Morgan fingerprint density at radius 3 is 2.59 bits per heavy atom. The third-order valence-corrected chi connectivity index (χ3v) is 5.56. The van der Waals surface area contributed by atoms with E-state index in [9.17, 15) is 4.79 Å². The molecular weight excluding hydrogens is 362 g/mol. The predicted molar refractivity (Wildman–Crippen MR) is 103 cm³/mol. The topological polar surface area (TPSA) is 73.1 Å². The van der Waals surface area contributed by atoms with Gasteiger partial charge in [-0.25, -0.2) is 4.68 Å². The Bertz CT molecular complexity index is 943. The van der Waals surface area contributed by atoms with E-state index in [1.54, 1.807) is 16.0 Å². The molecule has 1 aliphatic heterocycles. The molecule has 0 saturated carbocycles. The van der Waals surface area contributed by atoms with Crippen LogP contribution in [-0.2, 0) is 4.74 Å². The van der Waals surface area contributed by atoms with Crippen LogP contribution < -0.4 is 0 Å². The van der Waals surface area contributed by atoms with Crippen molar-refractivity contribution in [2.45, 2.75) is 33.0 Å². The minimum Gasteiger partial charge on any atom is -0.372 e. The smallest absolute Gasteiger partial charge is 0.254 e. The number of thiophene rings is 1. The molecular formula is C19H21N5O2S. The quantitative estimate of drug-likeness (QED) is 0.695. The van der Waals surface area contributed by atoms with Crippen LogP contribution in [0.4, 0.5) is 0 Å². The van der Waals surface area contributed by atoms with Gasteiger partial charge in [0.1, 0.15) is 6.33 Å². The van der Waals surface area contributed by atoms with Gasteiger partial charge in [-0.1, -0.05) is 0 Å². The maximum Gasteiger partial charge on any atom is 0.254 e. The molecule has 1 saturated heterocycles. The summed E-state index contributed by atoms with van der Waals surface area (Å²) in [5.74, 6) is 0.00134. The highest BCUT2D eigenvalue weighted by molar-refractivity contribution is 7.15. The lowest BCUT2D eigenvalue weighted by Gasteiger charge is -2.35. The Hall–Kier alpha value is -2.58. The van der Waals surface area contributed by atoms with Crippen molar-refractivity contribution in [2.75, 3.05) is 13.1 Å². The zero-order valence-corrected chi connectivity index (χ0v) is 16.3. The van der Waals surface area contributed by atoms with E-state index in [0.717, 1.165) is 16.1 Å². The molecule has 0 spiro atoms. The van der Waals surface area contributed by atoms with Crippen LogP contribution in [0.1, 0.15) is 29.1 Å². The first-order valence-corrected chi connectivity index (χ1v) is 9.71. The van der Waals surface area contributed by atoms with Crippen LogP contribution in [0, 0.1) is 6.92 Å². The number of ether oxygens (including phenoxy) is 1. The van der Waals surface area contributed by atoms with Gasteiger partial charge in [0.15, 0.2) is 0 Å². The summed E-state index contributed by atoms with van der Waals surface area (Å²) >= 11 is 1.70. The predicted octanol–water partition coefficient (Wildman–Crippen LogP) is 2.95. The van der Waals surface area contributed by atoms with Crippen LogP contribution in [0.3, 0.4) is 0 Å². The summed E-state index contributed by atoms with van der Waals surface area (Å²) in [6.07, 6.45) is 1.59. The molecule has 0 radical (unpaired) electrons. The third kappa shape index (κ3) is 3.77. The van der Waals surface area contributed by atoms with Gasteiger partial charge in [-0.15, -0.1) is 16.4 Å². The summed E-state index contributed by atoms with van der Waals surface area (Å²) < 4.78 is 7.33. The first-order valence-electron chi connectivity index (χ1n) is 8.89. The summed E-state index contributed by atoms with van der Waals surface area (Å²) in [5, 5.41) is 11.4. The number of amides is 1. The highest BCUT2D eigenvalue weighted by Crippen LogP contribution is 2.30. The molecule has 27 heavy (non-hydrogen) atoms. The zero-order valence-electron chi connectivity index (χ0n) is 15.5. The molecule has 140 valence electrons. The van der Waals surface area contributed by atoms with Crippen LogP contribution in [0.15, 0.2) is 36.7 Å². The average Bonchev–Trinajstić information content (AvgIpc) is 3.31. The largest absolute Gasteiger partial charge is 0.372 e. The molecule has 0 N–H and O–H groups in total. The fraction of sp³-hybridized carbons (Fsp3) is 0.368. The van der Waals surface area contributed by atoms with Crippen LogP contribution in [0.25, 0.3) is 16.1 Å². The van der Waals surface area contributed by atoms with Crippen molar-refractivity contribution in [3.8, 4) is 16.1 Å². The molecule has 8 heteroatoms. The average molecular weight is 383 g/mol. The maximum atomic E-state index is 13.2. The van der Waals surface area contributed by atoms with Gasteiger partial charge in [0, 0.05) is 28.4 Å². The number of aromatic nitrogens is 4. The second kappa shape index (κ2) is 7.21. The Labute approximate surface area is 161 Å². The molecule has 1 aromatic carbocycles. The van der Waals surface area contributed by atoms with Crippen LogP contribution in [0.5, 0.6) is 0 Å². The molecule has 1 amide bonds. The fourth-order valence-corrected chi connectivity index (χ4v) is 4.26. The van der Waals surface area contributed by atoms with E-state index >= 15 is 0 Å². The van der Waals surface area contributed by atoms with Crippen LogP contribution in [0.2, 0.25) is 0 Å². The molecule has 1 aliphatic rings. The molecule has 1 fully saturated rings. The van der Waals surface area contributed by atoms with E-state index in [2.05, 4.69) is 34.6 Å². The number of hydrogen-bond acceptors (Lipinski definition) is 6. The van der Waals surface area contributed by atoms with E-state index in [0.29, 0.717) is 18.7 Å². The number of hydrogen-bond donors (Lipinski definition) is 0. The van der Waals surface area contributed by atoms with Gasteiger partial charge in [-0.05, 0) is 67.1 Å². The van der Waals surface area contributed by atoms with Gasteiger partial charge in [0.25, 0.3) is 5.91 Å². The number of morpholine rings is 1. The van der Waals surface area contributed by atoms with E-state index in [1.165, 1.54) is 11.2 Å². The first kappa shape index (κ1) is 17.8. The molecule has 0 aliphatic carbocycles. The molecule has 7 nitrogen and oxygen atoms in total. The number of benzene rings is 1. The van der Waals surface area contributed by atoms with Crippen molar-refractivity contribution >= 4 is 17.2 Å². The van der Waals surface area contributed by atoms with E-state index < -0.39 is 0 Å². The van der Waals surface area contributed by atoms with Crippen molar-refractivity contribution in [1.82, 2.24) is 25.1 Å². The van der Waals surface area contributed by atoms with E-state index in [1.807, 2.05) is 36.9 Å². The molecule has 0 bridgehead atoms. The summed E-state index contributed by atoms with van der Waals surface area (Å²) in [5.41, 5.74) is 2.38. The minimum atomic E-state index is 0.00134. The fourth-order valence-electron chi connectivity index (χ4n) is 3.40. The SMILES string of the molecule is Cc1ccc(-c2cc(C(=O)N3C[C@@H](C)O[C@@H](C)C3)cc(-n3cnnn3)c2)s1. The van der Waals surface area contributed by atoms with Gasteiger partial charge < -0.3 is 9.64 Å². The number of carbonyl (C=O) groups is 1. The number of nitrogens with zero attached hydrogens (tertiary/aromatic N) is 5. The van der Waals surface area contributed by atoms with Crippen molar-refractivity contribution < 1.29 is 9.53 Å². The Balaban J connectivity index is 1.75. The van der Waals surface area contributed by atoms with Crippen LogP contribution >= 0.6 is 11.3 Å². The van der Waals surface area contributed by atoms with Crippen molar-refractivity contribution in [2.24, 2.45) is 0 Å². The second-order valence-electron chi connectivity index (χ2n) is 6.90. The normalized spacial score (nSPS) is 20.0. The Morgan fingerprint density at radius 1 is 1.19 bits per heavy atom. The van der Waals surface area contributed by atoms with Gasteiger partial charge in [-0.2, -0.15) is 0 Å². The lowest BCUT2D eigenvalue weighted by Crippen LogP contribution is -2.48. The van der Waals surface area contributed by atoms with Gasteiger partial charge in [0.2, 0.25) is 0 Å². The lowest BCUT2D eigenvalue weighted by molar-refractivity contribution is -0.0586. The van der Waals surface area contributed by atoms with E-state index in [-0.39, 0.29) is 18.1 Å². The van der Waals surface area contributed by atoms with Gasteiger partial charge in [-0.3, -0.25) is 4.79 Å². The third-order valence-electron chi connectivity index (χ3n) is 4.51. The standard InChI is InChI=1S/C19H21N5O2S/c1-12-9-23(10-13(2)26-12)19(25)16-6-15(18-5-4-14(3)27-18)7-17(8-16)24-11-20-21-22-24/h4-8,11-13H,9-10H2,1-3H3/t12-,13+.